The van der Waals surface area contributed by atoms with Crippen molar-refractivity contribution >= 4 is 11.9 Å². The summed E-state index contributed by atoms with van der Waals surface area (Å²) < 4.78 is 11.4. The van der Waals surface area contributed by atoms with Crippen molar-refractivity contribution < 1.29 is 19.1 Å². The smallest absolute Gasteiger partial charge is 0.318 e. The van der Waals surface area contributed by atoms with Gasteiger partial charge in [0.25, 0.3) is 0 Å². The van der Waals surface area contributed by atoms with Crippen LogP contribution in [-0.2, 0) is 17.9 Å². The number of imide groups is 1. The number of hydrogen-bond acceptors (Lipinski definition) is 5. The fourth-order valence-electron chi connectivity index (χ4n) is 3.10. The number of primary amides is 1. The highest BCUT2D eigenvalue weighted by atomic mass is 16.5. The topological polar surface area (TPSA) is 103 Å². The number of carbonyl (C=O) groups is 2. The molecule has 0 radical (unpaired) electrons. The molecule has 0 heterocycles. The summed E-state index contributed by atoms with van der Waals surface area (Å²) in [7, 11) is 1.58. The molecule has 0 spiro atoms. The van der Waals surface area contributed by atoms with Gasteiger partial charge >= 0.3 is 6.03 Å². The molecule has 0 aliphatic rings. The molecule has 160 valence electrons. The molecule has 0 saturated carbocycles. The second kappa shape index (κ2) is 10.8. The monoisotopic (exact) mass is 419 g/mol. The first-order valence-electron chi connectivity index (χ1n) is 9.79. The Bertz CT molecular complexity index is 1010. The van der Waals surface area contributed by atoms with E-state index in [0.717, 1.165) is 16.7 Å². The number of benzene rings is 3. The highest BCUT2D eigenvalue weighted by molar-refractivity contribution is 5.96. The Morgan fingerprint density at radius 3 is 2.23 bits per heavy atom. The van der Waals surface area contributed by atoms with Gasteiger partial charge in [-0.25, -0.2) is 4.79 Å². The molecule has 0 aliphatic carbocycles. The SMILES string of the molecule is COc1cc(CN[C@H](C(=O)NC(N)=O)c2ccccc2)ccc1OCc1ccccc1. The maximum atomic E-state index is 12.5. The summed E-state index contributed by atoms with van der Waals surface area (Å²) in [6, 6.07) is 22.9. The fourth-order valence-corrected chi connectivity index (χ4v) is 3.10. The molecule has 0 aromatic heterocycles. The van der Waals surface area contributed by atoms with Gasteiger partial charge in [0.15, 0.2) is 11.5 Å². The zero-order chi connectivity index (χ0) is 22.1. The van der Waals surface area contributed by atoms with Crippen LogP contribution in [0.4, 0.5) is 4.79 Å². The van der Waals surface area contributed by atoms with E-state index in [1.54, 1.807) is 19.2 Å². The highest BCUT2D eigenvalue weighted by Crippen LogP contribution is 2.29. The van der Waals surface area contributed by atoms with Crippen molar-refractivity contribution in [1.82, 2.24) is 10.6 Å². The lowest BCUT2D eigenvalue weighted by Crippen LogP contribution is -2.42. The molecule has 3 aromatic rings. The lowest BCUT2D eigenvalue weighted by molar-refractivity contribution is -0.122. The van der Waals surface area contributed by atoms with Crippen LogP contribution in [0.3, 0.4) is 0 Å². The number of nitrogens with one attached hydrogen (secondary N) is 2. The maximum absolute atomic E-state index is 12.5. The molecule has 4 N–H and O–H groups in total. The zero-order valence-corrected chi connectivity index (χ0v) is 17.2. The number of urea groups is 1. The van der Waals surface area contributed by atoms with E-state index in [9.17, 15) is 9.59 Å². The number of hydrogen-bond donors (Lipinski definition) is 3. The van der Waals surface area contributed by atoms with Crippen LogP contribution in [0, 0.1) is 0 Å². The van der Waals surface area contributed by atoms with Crippen LogP contribution >= 0.6 is 0 Å². The van der Waals surface area contributed by atoms with Crippen LogP contribution in [0.25, 0.3) is 0 Å². The molecule has 3 aromatic carbocycles. The summed E-state index contributed by atoms with van der Waals surface area (Å²) in [6.45, 7) is 0.791. The Labute approximate surface area is 181 Å². The molecule has 31 heavy (non-hydrogen) atoms. The Balaban J connectivity index is 1.70. The number of amides is 3. The zero-order valence-electron chi connectivity index (χ0n) is 17.2. The van der Waals surface area contributed by atoms with E-state index in [1.807, 2.05) is 66.7 Å². The lowest BCUT2D eigenvalue weighted by Gasteiger charge is -2.18. The molecule has 1 atom stereocenters. The normalized spacial score (nSPS) is 11.4. The molecule has 0 saturated heterocycles. The second-order valence-electron chi connectivity index (χ2n) is 6.84. The van der Waals surface area contributed by atoms with E-state index < -0.39 is 18.0 Å². The van der Waals surface area contributed by atoms with Gasteiger partial charge in [-0.15, -0.1) is 0 Å². The standard InChI is InChI=1S/C24H25N3O4/c1-30-21-14-18(12-13-20(21)31-16-17-8-4-2-5-9-17)15-26-22(23(28)27-24(25)29)19-10-6-3-7-11-19/h2-14,22,26H,15-16H2,1H3,(H3,25,27,28,29)/t22-/m0/s1. The van der Waals surface area contributed by atoms with Gasteiger partial charge in [-0.05, 0) is 28.8 Å². The summed E-state index contributed by atoms with van der Waals surface area (Å²) >= 11 is 0. The third-order valence-corrected chi connectivity index (χ3v) is 4.62. The van der Waals surface area contributed by atoms with Crippen LogP contribution in [0.2, 0.25) is 0 Å². The van der Waals surface area contributed by atoms with Gasteiger partial charge in [0.05, 0.1) is 7.11 Å². The van der Waals surface area contributed by atoms with Crippen LogP contribution in [0.1, 0.15) is 22.7 Å². The predicted molar refractivity (Wildman–Crippen MR) is 118 cm³/mol. The van der Waals surface area contributed by atoms with Gasteiger partial charge in [-0.2, -0.15) is 0 Å². The largest absolute Gasteiger partial charge is 0.493 e. The van der Waals surface area contributed by atoms with Crippen LogP contribution < -0.4 is 25.8 Å². The van der Waals surface area contributed by atoms with Crippen molar-refractivity contribution in [3.05, 3.63) is 95.6 Å². The Morgan fingerprint density at radius 2 is 1.58 bits per heavy atom. The first-order chi connectivity index (χ1) is 15.1. The predicted octanol–water partition coefficient (Wildman–Crippen LogP) is 3.30. The van der Waals surface area contributed by atoms with Gasteiger partial charge in [-0.1, -0.05) is 66.7 Å². The minimum Gasteiger partial charge on any atom is -0.493 e. The van der Waals surface area contributed by atoms with Crippen molar-refractivity contribution in [2.75, 3.05) is 7.11 Å². The van der Waals surface area contributed by atoms with Crippen molar-refractivity contribution in [3.63, 3.8) is 0 Å². The molecule has 7 heteroatoms. The van der Waals surface area contributed by atoms with Crippen LogP contribution in [-0.4, -0.2) is 19.0 Å². The van der Waals surface area contributed by atoms with E-state index >= 15 is 0 Å². The fraction of sp³-hybridized carbons (Fsp3) is 0.167. The van der Waals surface area contributed by atoms with E-state index in [4.69, 9.17) is 15.2 Å². The number of rotatable bonds is 9. The van der Waals surface area contributed by atoms with Gasteiger partial charge < -0.3 is 15.2 Å². The summed E-state index contributed by atoms with van der Waals surface area (Å²) in [5, 5.41) is 5.30. The molecule has 0 aliphatic heterocycles. The summed E-state index contributed by atoms with van der Waals surface area (Å²) in [5.41, 5.74) is 7.77. The average Bonchev–Trinajstić information content (AvgIpc) is 2.79. The molecule has 3 rings (SSSR count). The number of methoxy groups -OCH3 is 1. The van der Waals surface area contributed by atoms with Gasteiger partial charge in [-0.3, -0.25) is 15.4 Å². The van der Waals surface area contributed by atoms with Gasteiger partial charge in [0.1, 0.15) is 12.6 Å². The van der Waals surface area contributed by atoms with Crippen molar-refractivity contribution in [2.45, 2.75) is 19.2 Å². The molecule has 7 nitrogen and oxygen atoms in total. The lowest BCUT2D eigenvalue weighted by atomic mass is 10.1. The number of ether oxygens (including phenoxy) is 2. The molecule has 0 fully saturated rings. The van der Waals surface area contributed by atoms with Crippen molar-refractivity contribution in [1.29, 1.82) is 0 Å². The van der Waals surface area contributed by atoms with E-state index in [0.29, 0.717) is 24.7 Å². The summed E-state index contributed by atoms with van der Waals surface area (Å²) in [6.07, 6.45) is 0. The minimum absolute atomic E-state index is 0.362. The summed E-state index contributed by atoms with van der Waals surface area (Å²) in [4.78, 5) is 23.6. The quantitative estimate of drug-likeness (QED) is 0.494. The molecule has 0 unspecified atom stereocenters. The van der Waals surface area contributed by atoms with Gasteiger partial charge in [0.2, 0.25) is 5.91 Å². The minimum atomic E-state index is -0.894. The Morgan fingerprint density at radius 1 is 0.903 bits per heavy atom. The van der Waals surface area contributed by atoms with E-state index in [-0.39, 0.29) is 0 Å². The van der Waals surface area contributed by atoms with Gasteiger partial charge in [0, 0.05) is 6.54 Å². The first-order valence-corrected chi connectivity index (χ1v) is 9.79. The van der Waals surface area contributed by atoms with E-state index in [2.05, 4.69) is 10.6 Å². The van der Waals surface area contributed by atoms with E-state index in [1.165, 1.54) is 0 Å². The summed E-state index contributed by atoms with van der Waals surface area (Å²) in [5.74, 6) is 0.697. The third-order valence-electron chi connectivity index (χ3n) is 4.62. The second-order valence-corrected chi connectivity index (χ2v) is 6.84. The molecule has 0 bridgehead atoms. The van der Waals surface area contributed by atoms with Crippen LogP contribution in [0.15, 0.2) is 78.9 Å². The van der Waals surface area contributed by atoms with Crippen LogP contribution in [0.5, 0.6) is 11.5 Å². The first kappa shape index (κ1) is 21.9. The Kier molecular flexibility index (Phi) is 7.61. The van der Waals surface area contributed by atoms with Crippen molar-refractivity contribution in [3.8, 4) is 11.5 Å². The third kappa shape index (κ3) is 6.32. The molecule has 3 amide bonds. The average molecular weight is 419 g/mol. The number of carbonyl (C=O) groups excluding carboxylic acids is 2. The van der Waals surface area contributed by atoms with Crippen molar-refractivity contribution in [2.24, 2.45) is 5.73 Å². The molecular formula is C24H25N3O4. The highest BCUT2D eigenvalue weighted by Gasteiger charge is 2.21. The Hall–Kier alpha value is -3.84. The maximum Gasteiger partial charge on any atom is 0.318 e. The number of nitrogens with two attached hydrogens (primary N) is 1. The molecular weight excluding hydrogens is 394 g/mol.